The molecule has 0 aliphatic heterocycles. The van der Waals surface area contributed by atoms with Gasteiger partial charge in [-0.1, -0.05) is 50.8 Å². The van der Waals surface area contributed by atoms with Gasteiger partial charge in [-0.15, -0.1) is 0 Å². The maximum Gasteiger partial charge on any atom is 0.248 e. The molecule has 2 rings (SSSR count). The number of para-hydroxylation sites is 1. The number of carbonyl (C=O) groups is 1. The van der Waals surface area contributed by atoms with E-state index in [1.54, 1.807) is 13.2 Å². The fourth-order valence-corrected chi connectivity index (χ4v) is 2.68. The molecule has 4 heteroatoms. The Hall–Kier alpha value is -2.75. The van der Waals surface area contributed by atoms with Crippen molar-refractivity contribution in [1.82, 2.24) is 0 Å². The highest BCUT2D eigenvalue weighted by Gasteiger charge is 2.01. The molecular formula is C23H29NO3. The summed E-state index contributed by atoms with van der Waals surface area (Å²) >= 11 is 0. The lowest BCUT2D eigenvalue weighted by molar-refractivity contribution is -0.111. The summed E-state index contributed by atoms with van der Waals surface area (Å²) < 4.78 is 11.0. The predicted molar refractivity (Wildman–Crippen MR) is 111 cm³/mol. The molecular weight excluding hydrogens is 338 g/mol. The number of amides is 1. The molecule has 2 aromatic carbocycles. The summed E-state index contributed by atoms with van der Waals surface area (Å²) in [6.45, 7) is 2.95. The molecule has 144 valence electrons. The number of rotatable bonds is 11. The Morgan fingerprint density at radius 1 is 1.00 bits per heavy atom. The molecule has 4 nitrogen and oxygen atoms in total. The van der Waals surface area contributed by atoms with Crippen LogP contribution in [0.15, 0.2) is 54.6 Å². The van der Waals surface area contributed by atoms with Gasteiger partial charge in [0.25, 0.3) is 0 Å². The summed E-state index contributed by atoms with van der Waals surface area (Å²) in [4.78, 5) is 12.1. The standard InChI is InChI=1S/C23H29NO3/c1-3-4-5-6-9-18-27-21-15-13-20(14-16-21)24-23(25)17-12-19-10-7-8-11-22(19)26-2/h7-8,10-17H,3-6,9,18H2,1-2H3,(H,24,25)/b17-12+. The quantitative estimate of drug-likeness (QED) is 0.409. The third-order valence-electron chi connectivity index (χ3n) is 4.19. The lowest BCUT2D eigenvalue weighted by Gasteiger charge is -2.08. The monoisotopic (exact) mass is 367 g/mol. The summed E-state index contributed by atoms with van der Waals surface area (Å²) in [5.74, 6) is 1.37. The number of ether oxygens (including phenoxy) is 2. The van der Waals surface area contributed by atoms with Crippen LogP contribution in [0.5, 0.6) is 11.5 Å². The Balaban J connectivity index is 1.78. The fourth-order valence-electron chi connectivity index (χ4n) is 2.68. The second-order valence-electron chi connectivity index (χ2n) is 6.35. The fraction of sp³-hybridized carbons (Fsp3) is 0.348. The van der Waals surface area contributed by atoms with Crippen LogP contribution in [-0.4, -0.2) is 19.6 Å². The molecule has 0 saturated heterocycles. The highest BCUT2D eigenvalue weighted by molar-refractivity contribution is 6.02. The number of nitrogens with one attached hydrogen (secondary N) is 1. The number of benzene rings is 2. The zero-order valence-corrected chi connectivity index (χ0v) is 16.2. The van der Waals surface area contributed by atoms with E-state index in [0.29, 0.717) is 0 Å². The van der Waals surface area contributed by atoms with Crippen molar-refractivity contribution in [3.63, 3.8) is 0 Å². The number of hydrogen-bond acceptors (Lipinski definition) is 3. The van der Waals surface area contributed by atoms with Crippen molar-refractivity contribution < 1.29 is 14.3 Å². The van der Waals surface area contributed by atoms with Crippen LogP contribution < -0.4 is 14.8 Å². The van der Waals surface area contributed by atoms with Crippen molar-refractivity contribution in [2.24, 2.45) is 0 Å². The van der Waals surface area contributed by atoms with Gasteiger partial charge >= 0.3 is 0 Å². The molecule has 0 unspecified atom stereocenters. The summed E-state index contributed by atoms with van der Waals surface area (Å²) in [6.07, 6.45) is 9.34. The smallest absolute Gasteiger partial charge is 0.248 e. The largest absolute Gasteiger partial charge is 0.496 e. The van der Waals surface area contributed by atoms with Crippen molar-refractivity contribution in [2.45, 2.75) is 39.0 Å². The Morgan fingerprint density at radius 3 is 2.48 bits per heavy atom. The third-order valence-corrected chi connectivity index (χ3v) is 4.19. The average molecular weight is 367 g/mol. The van der Waals surface area contributed by atoms with Gasteiger partial charge in [-0.3, -0.25) is 4.79 Å². The summed E-state index contributed by atoms with van der Waals surface area (Å²) in [6, 6.07) is 15.0. The van der Waals surface area contributed by atoms with E-state index in [0.717, 1.165) is 35.8 Å². The lowest BCUT2D eigenvalue weighted by Crippen LogP contribution is -2.07. The van der Waals surface area contributed by atoms with Crippen LogP contribution in [0.1, 0.15) is 44.6 Å². The van der Waals surface area contributed by atoms with Crippen molar-refractivity contribution in [1.29, 1.82) is 0 Å². The normalized spacial score (nSPS) is 10.7. The number of anilines is 1. The van der Waals surface area contributed by atoms with Gasteiger partial charge in [0, 0.05) is 17.3 Å². The van der Waals surface area contributed by atoms with E-state index in [9.17, 15) is 4.79 Å². The second kappa shape index (κ2) is 11.8. The summed E-state index contributed by atoms with van der Waals surface area (Å²) in [5.41, 5.74) is 1.60. The van der Waals surface area contributed by atoms with Crippen molar-refractivity contribution in [2.75, 3.05) is 19.0 Å². The number of unbranched alkanes of at least 4 members (excludes halogenated alkanes) is 4. The topological polar surface area (TPSA) is 47.6 Å². The molecule has 0 saturated carbocycles. The average Bonchev–Trinajstić information content (AvgIpc) is 2.70. The predicted octanol–water partition coefficient (Wildman–Crippen LogP) is 5.70. The maximum absolute atomic E-state index is 12.1. The van der Waals surface area contributed by atoms with Crippen molar-refractivity contribution in [3.05, 3.63) is 60.2 Å². The minimum Gasteiger partial charge on any atom is -0.496 e. The van der Waals surface area contributed by atoms with Crippen molar-refractivity contribution in [3.8, 4) is 11.5 Å². The highest BCUT2D eigenvalue weighted by Crippen LogP contribution is 2.19. The molecule has 0 fully saturated rings. The Bertz CT molecular complexity index is 723. The zero-order chi connectivity index (χ0) is 19.3. The van der Waals surface area contributed by atoms with Gasteiger partial charge in [0.15, 0.2) is 0 Å². The first kappa shape index (κ1) is 20.6. The molecule has 27 heavy (non-hydrogen) atoms. The van der Waals surface area contributed by atoms with E-state index in [2.05, 4.69) is 12.2 Å². The Labute approximate surface area is 162 Å². The molecule has 0 radical (unpaired) electrons. The van der Waals surface area contributed by atoms with Gasteiger partial charge < -0.3 is 14.8 Å². The Kier molecular flexibility index (Phi) is 8.98. The Morgan fingerprint density at radius 2 is 1.74 bits per heavy atom. The van der Waals surface area contributed by atoms with Crippen LogP contribution in [-0.2, 0) is 4.79 Å². The van der Waals surface area contributed by atoms with Gasteiger partial charge in [-0.2, -0.15) is 0 Å². The van der Waals surface area contributed by atoms with E-state index in [1.165, 1.54) is 31.8 Å². The molecule has 0 atom stereocenters. The minimum absolute atomic E-state index is 0.189. The van der Waals surface area contributed by atoms with E-state index in [-0.39, 0.29) is 5.91 Å². The molecule has 0 heterocycles. The molecule has 1 amide bonds. The number of hydrogen-bond donors (Lipinski definition) is 1. The minimum atomic E-state index is -0.189. The molecule has 0 spiro atoms. The molecule has 1 N–H and O–H groups in total. The van der Waals surface area contributed by atoms with Crippen LogP contribution in [0, 0.1) is 0 Å². The first-order valence-electron chi connectivity index (χ1n) is 9.58. The molecule has 0 aliphatic carbocycles. The highest BCUT2D eigenvalue weighted by atomic mass is 16.5. The SMILES string of the molecule is CCCCCCCOc1ccc(NC(=O)/C=C/c2ccccc2OC)cc1. The lowest BCUT2D eigenvalue weighted by atomic mass is 10.2. The molecule has 0 aromatic heterocycles. The molecule has 0 aliphatic rings. The number of carbonyl (C=O) groups excluding carboxylic acids is 1. The molecule has 0 bridgehead atoms. The van der Waals surface area contributed by atoms with Crippen LogP contribution >= 0.6 is 0 Å². The molecule has 2 aromatic rings. The first-order chi connectivity index (χ1) is 13.2. The van der Waals surface area contributed by atoms with Crippen LogP contribution in [0.25, 0.3) is 6.08 Å². The first-order valence-corrected chi connectivity index (χ1v) is 9.58. The van der Waals surface area contributed by atoms with Gasteiger partial charge in [-0.05, 0) is 42.8 Å². The van der Waals surface area contributed by atoms with Crippen LogP contribution in [0.4, 0.5) is 5.69 Å². The van der Waals surface area contributed by atoms with E-state index in [4.69, 9.17) is 9.47 Å². The summed E-state index contributed by atoms with van der Waals surface area (Å²) in [7, 11) is 1.61. The van der Waals surface area contributed by atoms with E-state index in [1.807, 2.05) is 48.5 Å². The third kappa shape index (κ3) is 7.57. The van der Waals surface area contributed by atoms with Gasteiger partial charge in [0.1, 0.15) is 11.5 Å². The van der Waals surface area contributed by atoms with Crippen LogP contribution in [0.2, 0.25) is 0 Å². The summed E-state index contributed by atoms with van der Waals surface area (Å²) in [5, 5.41) is 2.85. The number of methoxy groups -OCH3 is 1. The maximum atomic E-state index is 12.1. The van der Waals surface area contributed by atoms with E-state index >= 15 is 0 Å². The van der Waals surface area contributed by atoms with Gasteiger partial charge in [-0.25, -0.2) is 0 Å². The van der Waals surface area contributed by atoms with Gasteiger partial charge in [0.2, 0.25) is 5.91 Å². The van der Waals surface area contributed by atoms with Gasteiger partial charge in [0.05, 0.1) is 13.7 Å². The van der Waals surface area contributed by atoms with Crippen molar-refractivity contribution >= 4 is 17.7 Å². The zero-order valence-electron chi connectivity index (χ0n) is 16.2. The second-order valence-corrected chi connectivity index (χ2v) is 6.35. The van der Waals surface area contributed by atoms with E-state index < -0.39 is 0 Å². The van der Waals surface area contributed by atoms with Crippen LogP contribution in [0.3, 0.4) is 0 Å².